The number of alkyl halides is 6. The van der Waals surface area contributed by atoms with Gasteiger partial charge in [0, 0.05) is 31.3 Å². The van der Waals surface area contributed by atoms with Gasteiger partial charge >= 0.3 is 29.4 Å². The molecule has 9 heterocycles. The fourth-order valence-electron chi connectivity index (χ4n) is 10.5. The predicted molar refractivity (Wildman–Crippen MR) is 231 cm³/mol. The van der Waals surface area contributed by atoms with Gasteiger partial charge in [-0.1, -0.05) is 31.2 Å². The number of rotatable bonds is 8. The van der Waals surface area contributed by atoms with Crippen molar-refractivity contribution in [2.24, 2.45) is 0 Å². The molecular weight excluding hydrogens is 858 g/mol. The number of aromatic nitrogens is 5. The first-order valence-electron chi connectivity index (χ1n) is 22.2. The van der Waals surface area contributed by atoms with Crippen molar-refractivity contribution in [2.75, 3.05) is 58.9 Å². The fraction of sp³-hybridized carbons (Fsp3) is 0.479. The first-order valence-corrected chi connectivity index (χ1v) is 22.2. The minimum atomic E-state index is -4.34. The van der Waals surface area contributed by atoms with Crippen molar-refractivity contribution in [3.8, 4) is 11.1 Å². The van der Waals surface area contributed by atoms with E-state index in [2.05, 4.69) is 41.7 Å². The van der Waals surface area contributed by atoms with E-state index in [1.54, 1.807) is 0 Å². The summed E-state index contributed by atoms with van der Waals surface area (Å²) in [7, 11) is 0. The molecule has 3 unspecified atom stereocenters. The van der Waals surface area contributed by atoms with Gasteiger partial charge < -0.3 is 14.9 Å². The van der Waals surface area contributed by atoms with Crippen LogP contribution in [-0.2, 0) is 23.6 Å². The molecule has 4 aromatic heterocycles. The van der Waals surface area contributed by atoms with E-state index in [1.165, 1.54) is 9.80 Å². The molecule has 0 spiro atoms. The summed E-state index contributed by atoms with van der Waals surface area (Å²) in [6.07, 6.45) is 7.87. The van der Waals surface area contributed by atoms with Crippen molar-refractivity contribution in [3.05, 3.63) is 88.3 Å². The molecule has 3 atom stereocenters. The number of piperidine rings is 3. The zero-order valence-electron chi connectivity index (χ0n) is 35.7. The molecule has 1 radical (unpaired) electrons. The number of likely N-dealkylation sites (tertiary alicyclic amines) is 3. The molecule has 4 aromatic rings. The average molecular weight is 911 g/mol. The number of nitrogens with zero attached hydrogens (tertiary/aromatic N) is 8. The van der Waals surface area contributed by atoms with Crippen LogP contribution in [0.5, 0.6) is 0 Å². The molecule has 0 aliphatic carbocycles. The number of pyridine rings is 1. The van der Waals surface area contributed by atoms with Crippen LogP contribution in [-0.4, -0.2) is 95.9 Å². The summed E-state index contributed by atoms with van der Waals surface area (Å²) in [5.41, 5.74) is 9.99. The number of hydrogen-bond acceptors (Lipinski definition) is 5. The fourth-order valence-corrected chi connectivity index (χ4v) is 10.5. The van der Waals surface area contributed by atoms with E-state index >= 15 is 0 Å². The monoisotopic (exact) mass is 910 g/mol. The number of halogens is 6. The van der Waals surface area contributed by atoms with Crippen LogP contribution in [0.4, 0.5) is 26.3 Å². The number of fused-ring (bicyclic) bond motifs is 8. The Morgan fingerprint density at radius 1 is 0.603 bits per heavy atom. The van der Waals surface area contributed by atoms with Gasteiger partial charge in [-0.15, -0.1) is 22.1 Å². The van der Waals surface area contributed by atoms with Crippen molar-refractivity contribution in [3.63, 3.8) is 0 Å². The minimum Gasteiger partial charge on any atom is -0.657 e. The topological polar surface area (TPSA) is 67.6 Å². The van der Waals surface area contributed by atoms with Gasteiger partial charge in [0.15, 0.2) is 12.4 Å². The predicted octanol–water partition coefficient (Wildman–Crippen LogP) is 9.57. The molecule has 5 aliphatic heterocycles. The van der Waals surface area contributed by atoms with Crippen molar-refractivity contribution in [1.82, 2.24) is 34.6 Å². The van der Waals surface area contributed by atoms with Crippen LogP contribution in [0.2, 0.25) is 0 Å². The summed E-state index contributed by atoms with van der Waals surface area (Å²) in [5.74, 6) is -0.445. The van der Waals surface area contributed by atoms with Crippen molar-refractivity contribution in [2.45, 2.75) is 89.0 Å². The van der Waals surface area contributed by atoms with Crippen LogP contribution < -0.4 is 14.5 Å². The molecule has 0 amide bonds. The maximum Gasteiger partial charge on any atom is 2.00 e. The molecule has 333 valence electrons. The second kappa shape index (κ2) is 18.7. The molecule has 15 heteroatoms. The molecule has 8 nitrogen and oxygen atoms in total. The molecule has 63 heavy (non-hydrogen) atoms. The average Bonchev–Trinajstić information content (AvgIpc) is 4.08. The Balaban J connectivity index is 0.00000544. The van der Waals surface area contributed by atoms with Crippen LogP contribution in [0.1, 0.15) is 110 Å². The molecule has 3 saturated heterocycles. The van der Waals surface area contributed by atoms with Gasteiger partial charge in [0.25, 0.3) is 0 Å². The Hall–Kier alpha value is -4.27. The Bertz CT molecular complexity index is 2520. The molecule has 0 saturated carbocycles. The third-order valence-corrected chi connectivity index (χ3v) is 13.2. The molecule has 8 bridgehead atoms. The first kappa shape index (κ1) is 45.3. The Morgan fingerprint density at radius 2 is 1.03 bits per heavy atom. The van der Waals surface area contributed by atoms with Gasteiger partial charge in [0.2, 0.25) is 0 Å². The third-order valence-electron chi connectivity index (χ3n) is 13.2. The summed E-state index contributed by atoms with van der Waals surface area (Å²) < 4.78 is 85.0. The molecule has 9 rings (SSSR count). The molecule has 0 N–H and O–H groups in total. The Labute approximate surface area is 375 Å². The summed E-state index contributed by atoms with van der Waals surface area (Å²) in [6, 6.07) is 12.0. The Kier molecular flexibility index (Phi) is 13.4. The van der Waals surface area contributed by atoms with E-state index in [0.29, 0.717) is 66.7 Å². The number of aryl methyl sites for hydroxylation is 1. The summed E-state index contributed by atoms with van der Waals surface area (Å²) in [6.45, 7) is 6.92. The van der Waals surface area contributed by atoms with Crippen LogP contribution in [0.3, 0.4) is 0 Å². The van der Waals surface area contributed by atoms with Crippen LogP contribution in [0.25, 0.3) is 57.5 Å². The smallest absolute Gasteiger partial charge is 0.657 e. The molecule has 5 aliphatic rings. The minimum absolute atomic E-state index is 0. The first-order chi connectivity index (χ1) is 29.8. The van der Waals surface area contributed by atoms with E-state index < -0.39 is 25.4 Å². The number of hydrogen-bond donors (Lipinski definition) is 0. The van der Waals surface area contributed by atoms with E-state index in [4.69, 9.17) is 19.9 Å². The maximum atomic E-state index is 13.8. The quantitative estimate of drug-likeness (QED) is 0.0857. The van der Waals surface area contributed by atoms with Crippen LogP contribution >= 0.6 is 0 Å². The largest absolute Gasteiger partial charge is 2.00 e. The Morgan fingerprint density at radius 3 is 1.51 bits per heavy atom. The van der Waals surface area contributed by atoms with Crippen LogP contribution in [0, 0.1) is 0 Å². The van der Waals surface area contributed by atoms with Gasteiger partial charge in [0.05, 0.1) is 35.9 Å². The van der Waals surface area contributed by atoms with Gasteiger partial charge in [-0.25, -0.2) is 14.5 Å². The number of likely N-dealkylation sites (N-methyl/N-ethyl adjacent to an activating group) is 1. The van der Waals surface area contributed by atoms with Crippen molar-refractivity contribution in [1.29, 1.82) is 0 Å². The van der Waals surface area contributed by atoms with Gasteiger partial charge in [-0.2, -0.15) is 26.3 Å². The van der Waals surface area contributed by atoms with Crippen LogP contribution in [0.15, 0.2) is 48.8 Å². The third kappa shape index (κ3) is 10.0. The van der Waals surface area contributed by atoms with Gasteiger partial charge in [-0.05, 0) is 142 Å². The summed E-state index contributed by atoms with van der Waals surface area (Å²) in [4.78, 5) is 26.8. The maximum absolute atomic E-state index is 13.8. The second-order valence-corrected chi connectivity index (χ2v) is 17.5. The zero-order chi connectivity index (χ0) is 43.2. The normalized spacial score (nSPS) is 21.5. The molecular formula is C48H53F6MnN8+. The van der Waals surface area contributed by atoms with E-state index in [-0.39, 0.29) is 47.9 Å². The van der Waals surface area contributed by atoms with Crippen molar-refractivity contribution < 1.29 is 48.0 Å². The van der Waals surface area contributed by atoms with E-state index in [1.807, 2.05) is 54.8 Å². The molecule has 0 aromatic carbocycles. The second-order valence-electron chi connectivity index (χ2n) is 17.5. The standard InChI is InChI=1S/C48H53F6N8.Mn/c1-3-59-21-5-9-31(25-59)43-35-13-14-36(55-35)44(32-10-6-22-60(4-2)26-32)38-16-18-40(57-38)46(34-12-8-24-62(28-34)30-48(52,53)54)42-20-19-41(58-42)45(39-17-15-37(43)56-39)33-11-7-23-61(27-33)29-47(49,50)51;/h5,9,13-21,25,32-34H,3-4,6-8,10-12,22-24,26-30H2,1-2H3;/q-1;+2. The van der Waals surface area contributed by atoms with E-state index in [0.717, 1.165) is 83.7 Å². The van der Waals surface area contributed by atoms with Crippen molar-refractivity contribution >= 4 is 46.4 Å². The summed E-state index contributed by atoms with van der Waals surface area (Å²) in [5, 5.41) is 0. The molecule has 3 fully saturated rings. The van der Waals surface area contributed by atoms with Gasteiger partial charge in [0.1, 0.15) is 6.54 Å². The summed E-state index contributed by atoms with van der Waals surface area (Å²) >= 11 is 0. The SMILES string of the molecule is CCN1CCCC(c2c3nc(c(-c4ccc[n+](CC)c4)c4ccc([n-]4)c(C4CCCN(CC(F)(F)F)C4)c4nc(c(C5CCCN(CC(F)(F)F)C5)c5ccc2[n-]5)C=C4)C=C3)C1.[Mn+2]. The zero-order valence-corrected chi connectivity index (χ0v) is 36.9. The van der Waals surface area contributed by atoms with Gasteiger partial charge in [-0.3, -0.25) is 9.80 Å². The van der Waals surface area contributed by atoms with E-state index in [9.17, 15) is 26.3 Å².